The number of carbonyl (C=O) groups is 2. The predicted molar refractivity (Wildman–Crippen MR) is 94.4 cm³/mol. The second kappa shape index (κ2) is 6.91. The summed E-state index contributed by atoms with van der Waals surface area (Å²) in [7, 11) is 0. The highest BCUT2D eigenvalue weighted by atomic mass is 16.5. The lowest BCUT2D eigenvalue weighted by Crippen LogP contribution is -2.25. The zero-order valence-electron chi connectivity index (χ0n) is 14.7. The van der Waals surface area contributed by atoms with E-state index in [1.165, 1.54) is 10.9 Å². The molecule has 8 heteroatoms. The van der Waals surface area contributed by atoms with E-state index in [0.717, 1.165) is 0 Å². The fourth-order valence-corrected chi connectivity index (χ4v) is 2.88. The molecule has 0 aliphatic carbocycles. The number of hydrogen-bond acceptors (Lipinski definition) is 6. The highest BCUT2D eigenvalue weighted by molar-refractivity contribution is 6.01. The molecule has 0 fully saturated rings. The third kappa shape index (κ3) is 3.01. The number of pyridine rings is 1. The molecule has 0 amide bonds. The van der Waals surface area contributed by atoms with E-state index in [-0.39, 0.29) is 30.2 Å². The Bertz CT molecular complexity index is 1060. The number of H-pyrrole nitrogens is 1. The molecule has 0 aliphatic rings. The Hall–Kier alpha value is -3.29. The van der Waals surface area contributed by atoms with Crippen LogP contribution >= 0.6 is 0 Å². The van der Waals surface area contributed by atoms with Gasteiger partial charge in [-0.15, -0.1) is 0 Å². The molecule has 0 bridgehead atoms. The maximum Gasteiger partial charge on any atom is 0.340 e. The molecule has 1 N–H and O–H groups in total. The average Bonchev–Trinajstić information content (AvgIpc) is 2.92. The fourth-order valence-electron chi connectivity index (χ4n) is 2.88. The molecular weight excluding hydrogens is 336 g/mol. The molecule has 3 rings (SSSR count). The minimum atomic E-state index is -0.478. The second-order valence-corrected chi connectivity index (χ2v) is 5.82. The van der Waals surface area contributed by atoms with Crippen molar-refractivity contribution in [2.75, 3.05) is 6.61 Å². The number of nitrogens with one attached hydrogen (secondary N) is 1. The Kier molecular flexibility index (Phi) is 4.66. The zero-order chi connectivity index (χ0) is 18.8. The Balaban J connectivity index is 1.94. The molecule has 0 saturated heterocycles. The first-order chi connectivity index (χ1) is 12.4. The number of esters is 1. The second-order valence-electron chi connectivity index (χ2n) is 5.82. The van der Waals surface area contributed by atoms with Gasteiger partial charge in [0.05, 0.1) is 29.8 Å². The van der Waals surface area contributed by atoms with Crippen LogP contribution in [0.5, 0.6) is 0 Å². The van der Waals surface area contributed by atoms with E-state index in [1.54, 1.807) is 39.1 Å². The van der Waals surface area contributed by atoms with Crippen molar-refractivity contribution in [1.82, 2.24) is 19.5 Å². The highest BCUT2D eigenvalue weighted by Crippen LogP contribution is 2.20. The molecule has 26 heavy (non-hydrogen) atoms. The van der Waals surface area contributed by atoms with Crippen molar-refractivity contribution in [1.29, 1.82) is 0 Å². The van der Waals surface area contributed by atoms with Crippen molar-refractivity contribution >= 4 is 22.8 Å². The van der Waals surface area contributed by atoms with E-state index in [1.807, 2.05) is 0 Å². The van der Waals surface area contributed by atoms with E-state index >= 15 is 0 Å². The molecule has 0 aromatic carbocycles. The third-order valence-electron chi connectivity index (χ3n) is 4.11. The normalized spacial score (nSPS) is 10.9. The van der Waals surface area contributed by atoms with Gasteiger partial charge in [0.25, 0.3) is 5.56 Å². The summed E-state index contributed by atoms with van der Waals surface area (Å²) in [5, 5.41) is 0.342. The summed E-state index contributed by atoms with van der Waals surface area (Å²) in [4.78, 5) is 48.3. The van der Waals surface area contributed by atoms with Gasteiger partial charge in [0.15, 0.2) is 11.4 Å². The largest absolute Gasteiger partial charge is 0.462 e. The number of carbonyl (C=O) groups excluding carboxylic acids is 2. The Morgan fingerprint density at radius 3 is 2.77 bits per heavy atom. The maximum absolute atomic E-state index is 12.7. The van der Waals surface area contributed by atoms with Crippen molar-refractivity contribution in [3.8, 4) is 0 Å². The molecule has 0 spiro atoms. The van der Waals surface area contributed by atoms with Crippen molar-refractivity contribution < 1.29 is 14.3 Å². The van der Waals surface area contributed by atoms with E-state index in [0.29, 0.717) is 27.9 Å². The van der Waals surface area contributed by atoms with Crippen molar-refractivity contribution in [2.24, 2.45) is 0 Å². The van der Waals surface area contributed by atoms with Gasteiger partial charge in [-0.25, -0.2) is 14.8 Å². The van der Waals surface area contributed by atoms with Crippen LogP contribution in [0.1, 0.15) is 39.0 Å². The molecule has 3 heterocycles. The summed E-state index contributed by atoms with van der Waals surface area (Å²) in [6, 6.07) is 3.25. The van der Waals surface area contributed by atoms with Crippen LogP contribution in [0.4, 0.5) is 0 Å². The Labute approximate surface area is 148 Å². The summed E-state index contributed by atoms with van der Waals surface area (Å²) < 4.78 is 6.25. The number of aromatic amines is 1. The Morgan fingerprint density at radius 2 is 2.04 bits per heavy atom. The standard InChI is InChI=1S/C18H18N4O4/c1-4-26-18(25)14-10(2)15(21-11(14)3)13(23)8-22-9-20-16-12(17(22)24)6-5-7-19-16/h5-7,9,21H,4,8H2,1-3H3. The van der Waals surface area contributed by atoms with Crippen LogP contribution in [-0.2, 0) is 11.3 Å². The molecule has 0 radical (unpaired) electrons. The van der Waals surface area contributed by atoms with Crippen LogP contribution < -0.4 is 5.56 Å². The Morgan fingerprint density at radius 1 is 1.27 bits per heavy atom. The number of hydrogen-bond donors (Lipinski definition) is 1. The van der Waals surface area contributed by atoms with Gasteiger partial charge in [0, 0.05) is 11.9 Å². The molecule has 0 aliphatic heterocycles. The summed E-state index contributed by atoms with van der Waals surface area (Å²) >= 11 is 0. The van der Waals surface area contributed by atoms with Gasteiger partial charge < -0.3 is 9.72 Å². The fraction of sp³-hybridized carbons (Fsp3) is 0.278. The van der Waals surface area contributed by atoms with Crippen molar-refractivity contribution in [2.45, 2.75) is 27.3 Å². The smallest absolute Gasteiger partial charge is 0.340 e. The summed E-state index contributed by atoms with van der Waals surface area (Å²) in [6.45, 7) is 5.15. The van der Waals surface area contributed by atoms with Gasteiger partial charge >= 0.3 is 5.97 Å². The number of rotatable bonds is 5. The van der Waals surface area contributed by atoms with Gasteiger partial charge in [-0.3, -0.25) is 14.2 Å². The van der Waals surface area contributed by atoms with E-state index in [2.05, 4.69) is 15.0 Å². The monoisotopic (exact) mass is 354 g/mol. The first kappa shape index (κ1) is 17.5. The number of fused-ring (bicyclic) bond motifs is 1. The molecule has 3 aromatic heterocycles. The van der Waals surface area contributed by atoms with Gasteiger partial charge in [0.1, 0.15) is 6.33 Å². The molecule has 0 unspecified atom stereocenters. The minimum Gasteiger partial charge on any atom is -0.462 e. The number of ketones is 1. The lowest BCUT2D eigenvalue weighted by atomic mass is 10.1. The quantitative estimate of drug-likeness (QED) is 0.553. The van der Waals surface area contributed by atoms with Crippen LogP contribution in [0.3, 0.4) is 0 Å². The molecular formula is C18H18N4O4. The SMILES string of the molecule is CCOC(=O)c1c(C)[nH]c(C(=O)Cn2cnc3ncccc3c2=O)c1C. The topological polar surface area (TPSA) is 107 Å². The van der Waals surface area contributed by atoms with Crippen LogP contribution in [0, 0.1) is 13.8 Å². The van der Waals surface area contributed by atoms with E-state index < -0.39 is 5.97 Å². The van der Waals surface area contributed by atoms with E-state index in [4.69, 9.17) is 4.74 Å². The van der Waals surface area contributed by atoms with Crippen LogP contribution in [0.15, 0.2) is 29.5 Å². The molecule has 134 valence electrons. The average molecular weight is 354 g/mol. The first-order valence-electron chi connectivity index (χ1n) is 8.13. The van der Waals surface area contributed by atoms with Crippen LogP contribution in [-0.4, -0.2) is 37.9 Å². The number of ether oxygens (including phenoxy) is 1. The number of aromatic nitrogens is 4. The minimum absolute atomic E-state index is 0.195. The summed E-state index contributed by atoms with van der Waals surface area (Å²) in [6.07, 6.45) is 2.85. The number of nitrogens with zero attached hydrogens (tertiary/aromatic N) is 3. The zero-order valence-corrected chi connectivity index (χ0v) is 14.7. The first-order valence-corrected chi connectivity index (χ1v) is 8.13. The van der Waals surface area contributed by atoms with Crippen molar-refractivity contribution in [3.05, 3.63) is 57.5 Å². The number of Topliss-reactive ketones (excluding diaryl/α,β-unsaturated/α-hetero) is 1. The van der Waals surface area contributed by atoms with Gasteiger partial charge in [-0.2, -0.15) is 0 Å². The predicted octanol–water partition coefficient (Wildman–Crippen LogP) is 1.80. The maximum atomic E-state index is 12.7. The molecule has 8 nitrogen and oxygen atoms in total. The van der Waals surface area contributed by atoms with Crippen LogP contribution in [0.25, 0.3) is 11.0 Å². The van der Waals surface area contributed by atoms with Crippen LogP contribution in [0.2, 0.25) is 0 Å². The molecule has 0 atom stereocenters. The summed E-state index contributed by atoms with van der Waals surface area (Å²) in [5.41, 5.74) is 1.68. The van der Waals surface area contributed by atoms with Gasteiger partial charge in [0.2, 0.25) is 0 Å². The molecule has 3 aromatic rings. The third-order valence-corrected chi connectivity index (χ3v) is 4.11. The van der Waals surface area contributed by atoms with Gasteiger partial charge in [-0.05, 0) is 38.5 Å². The van der Waals surface area contributed by atoms with E-state index in [9.17, 15) is 14.4 Å². The lowest BCUT2D eigenvalue weighted by molar-refractivity contribution is 0.0525. The van der Waals surface area contributed by atoms with Crippen molar-refractivity contribution in [3.63, 3.8) is 0 Å². The molecule has 0 saturated carbocycles. The van der Waals surface area contributed by atoms with Gasteiger partial charge in [-0.1, -0.05) is 0 Å². The highest BCUT2D eigenvalue weighted by Gasteiger charge is 2.23. The lowest BCUT2D eigenvalue weighted by Gasteiger charge is -2.06. The summed E-state index contributed by atoms with van der Waals surface area (Å²) in [5.74, 6) is -0.804. The number of aryl methyl sites for hydroxylation is 1.